The molecule has 2 saturated heterocycles. The smallest absolute Gasteiger partial charge is 0.335 e. The summed E-state index contributed by atoms with van der Waals surface area (Å²) in [5.74, 6) is 0.430. The van der Waals surface area contributed by atoms with Gasteiger partial charge in [0.2, 0.25) is 0 Å². The van der Waals surface area contributed by atoms with Gasteiger partial charge in [-0.05, 0) is 43.9 Å². The molecule has 190 valence electrons. The van der Waals surface area contributed by atoms with Gasteiger partial charge in [-0.1, -0.05) is 40.8 Å². The minimum atomic E-state index is -1.14. The van der Waals surface area contributed by atoms with E-state index in [1.807, 2.05) is 12.1 Å². The molecule has 4 fully saturated rings. The van der Waals surface area contributed by atoms with E-state index in [0.717, 1.165) is 66.1 Å². The second-order valence-corrected chi connectivity index (χ2v) is 11.5. The molecule has 2 aromatic carbocycles. The highest BCUT2D eigenvalue weighted by atomic mass is 32.1. The molecule has 2 unspecified atom stereocenters. The Morgan fingerprint density at radius 3 is 2.76 bits per heavy atom. The van der Waals surface area contributed by atoms with Crippen LogP contribution in [-0.2, 0) is 11.3 Å². The number of halogens is 1. The standard InChI is InChI=1S/C28H26FN3O4S/c1-14-4-2-3-5-19(14)23-20(26(36-31-23)15-6-7-15)13-35-25-17-8-18(25)12-32(11-17)28-30-24-21(29)9-16(27(33)34)10-22(24)37-28/h2-5,9-10,15,17-18,25H,6-8,11-13H2,1H3,(H,33,34). The fourth-order valence-electron chi connectivity index (χ4n) is 5.87. The van der Waals surface area contributed by atoms with Crippen LogP contribution in [0.1, 0.15) is 52.4 Å². The summed E-state index contributed by atoms with van der Waals surface area (Å²) >= 11 is 1.35. The fourth-order valence-corrected chi connectivity index (χ4v) is 6.90. The molecule has 2 aliphatic heterocycles. The topological polar surface area (TPSA) is 88.7 Å². The van der Waals surface area contributed by atoms with Crippen molar-refractivity contribution in [3.05, 3.63) is 64.7 Å². The molecule has 2 aliphatic carbocycles. The maximum atomic E-state index is 14.5. The summed E-state index contributed by atoms with van der Waals surface area (Å²) in [7, 11) is 0. The lowest BCUT2D eigenvalue weighted by Gasteiger charge is -2.53. The lowest BCUT2D eigenvalue weighted by molar-refractivity contribution is -0.111. The zero-order chi connectivity index (χ0) is 25.3. The Kier molecular flexibility index (Phi) is 5.33. The van der Waals surface area contributed by atoms with Gasteiger partial charge in [-0.25, -0.2) is 14.2 Å². The number of carbonyl (C=O) groups is 1. The Hall–Kier alpha value is -3.30. The lowest BCUT2D eigenvalue weighted by atomic mass is 9.68. The van der Waals surface area contributed by atoms with Crippen molar-refractivity contribution in [1.29, 1.82) is 0 Å². The zero-order valence-electron chi connectivity index (χ0n) is 20.3. The van der Waals surface area contributed by atoms with Gasteiger partial charge in [0.15, 0.2) is 10.9 Å². The summed E-state index contributed by atoms with van der Waals surface area (Å²) in [6.07, 6.45) is 3.53. The molecule has 2 saturated carbocycles. The van der Waals surface area contributed by atoms with Crippen molar-refractivity contribution in [1.82, 2.24) is 10.1 Å². The number of carboxylic acid groups (broad SMARTS) is 1. The van der Waals surface area contributed by atoms with Gasteiger partial charge in [0.25, 0.3) is 0 Å². The van der Waals surface area contributed by atoms with Crippen LogP contribution < -0.4 is 4.90 Å². The number of anilines is 1. The van der Waals surface area contributed by atoms with Crippen molar-refractivity contribution in [2.75, 3.05) is 18.0 Å². The number of hydrogen-bond acceptors (Lipinski definition) is 7. The summed E-state index contributed by atoms with van der Waals surface area (Å²) < 4.78 is 27.4. The molecule has 2 aromatic heterocycles. The molecule has 2 bridgehead atoms. The van der Waals surface area contributed by atoms with Crippen LogP contribution in [0.4, 0.5) is 9.52 Å². The molecule has 0 radical (unpaired) electrons. The minimum Gasteiger partial charge on any atom is -0.478 e. The van der Waals surface area contributed by atoms with Gasteiger partial charge in [0.05, 0.1) is 23.0 Å². The molecule has 4 aliphatic rings. The number of carboxylic acids is 1. The van der Waals surface area contributed by atoms with Gasteiger partial charge >= 0.3 is 5.97 Å². The van der Waals surface area contributed by atoms with Gasteiger partial charge in [0, 0.05) is 42.0 Å². The number of aromatic nitrogens is 2. The maximum Gasteiger partial charge on any atom is 0.335 e. The monoisotopic (exact) mass is 519 g/mol. The molecule has 0 amide bonds. The second kappa shape index (κ2) is 8.63. The van der Waals surface area contributed by atoms with Crippen molar-refractivity contribution < 1.29 is 23.6 Å². The molecule has 1 N–H and O–H groups in total. The van der Waals surface area contributed by atoms with Gasteiger partial charge in [-0.3, -0.25) is 0 Å². The molecule has 4 heterocycles. The van der Waals surface area contributed by atoms with Crippen molar-refractivity contribution in [2.24, 2.45) is 11.8 Å². The van der Waals surface area contributed by atoms with Crippen LogP contribution >= 0.6 is 11.3 Å². The Morgan fingerprint density at radius 2 is 2.03 bits per heavy atom. The fraction of sp³-hybridized carbons (Fsp3) is 0.393. The van der Waals surface area contributed by atoms with E-state index in [0.29, 0.717) is 29.1 Å². The highest BCUT2D eigenvalue weighted by Gasteiger charge is 2.48. The number of ether oxygens (including phenoxy) is 1. The van der Waals surface area contributed by atoms with E-state index >= 15 is 0 Å². The van der Waals surface area contributed by atoms with Crippen LogP contribution in [0.3, 0.4) is 0 Å². The second-order valence-electron chi connectivity index (χ2n) is 10.5. The van der Waals surface area contributed by atoms with E-state index in [2.05, 4.69) is 34.1 Å². The largest absolute Gasteiger partial charge is 0.478 e. The van der Waals surface area contributed by atoms with Gasteiger partial charge in [-0.2, -0.15) is 0 Å². The number of piperidine rings is 2. The zero-order valence-corrected chi connectivity index (χ0v) is 21.1. The number of aromatic carboxylic acids is 1. The number of rotatable bonds is 7. The quantitative estimate of drug-likeness (QED) is 0.320. The average Bonchev–Trinajstić information content (AvgIpc) is 3.49. The summed E-state index contributed by atoms with van der Waals surface area (Å²) in [5.41, 5.74) is 4.40. The number of hydrogen-bond donors (Lipinski definition) is 1. The predicted octanol–water partition coefficient (Wildman–Crippen LogP) is 6.02. The van der Waals surface area contributed by atoms with E-state index < -0.39 is 11.8 Å². The van der Waals surface area contributed by atoms with Crippen molar-refractivity contribution in [3.8, 4) is 11.3 Å². The molecular weight excluding hydrogens is 493 g/mol. The van der Waals surface area contributed by atoms with E-state index in [9.17, 15) is 14.3 Å². The molecule has 0 spiro atoms. The number of nitrogens with zero attached hydrogens (tertiary/aromatic N) is 3. The summed E-state index contributed by atoms with van der Waals surface area (Å²) in [4.78, 5) is 18.0. The summed E-state index contributed by atoms with van der Waals surface area (Å²) in [5, 5.41) is 14.4. The SMILES string of the molecule is Cc1ccccc1-c1noc(C2CC2)c1COC1C2CC1CN(c1nc3c(F)cc(C(=O)O)cc3s1)C2. The first-order valence-corrected chi connectivity index (χ1v) is 13.5. The van der Waals surface area contributed by atoms with Gasteiger partial charge in [0.1, 0.15) is 17.0 Å². The van der Waals surface area contributed by atoms with E-state index in [1.165, 1.54) is 23.0 Å². The third kappa shape index (κ3) is 3.92. The molecule has 9 heteroatoms. The van der Waals surface area contributed by atoms with Crippen LogP contribution in [0.2, 0.25) is 0 Å². The van der Waals surface area contributed by atoms with E-state index in [-0.39, 0.29) is 17.2 Å². The highest BCUT2D eigenvalue weighted by Crippen LogP contribution is 2.47. The summed E-state index contributed by atoms with van der Waals surface area (Å²) in [6.45, 7) is 4.16. The Bertz CT molecular complexity index is 1520. The van der Waals surface area contributed by atoms with Crippen LogP contribution in [0.15, 0.2) is 40.9 Å². The Balaban J connectivity index is 1.08. The molecule has 4 aromatic rings. The number of aryl methyl sites for hydroxylation is 1. The Morgan fingerprint density at radius 1 is 1.24 bits per heavy atom. The van der Waals surface area contributed by atoms with Crippen LogP contribution in [0, 0.1) is 24.6 Å². The minimum absolute atomic E-state index is 0.0560. The van der Waals surface area contributed by atoms with Crippen LogP contribution in [0.25, 0.3) is 21.5 Å². The van der Waals surface area contributed by atoms with Crippen molar-refractivity contribution in [2.45, 2.75) is 44.8 Å². The summed E-state index contributed by atoms with van der Waals surface area (Å²) in [6, 6.07) is 10.8. The average molecular weight is 520 g/mol. The normalized spacial score (nSPS) is 22.9. The number of thiazole rings is 1. The van der Waals surface area contributed by atoms with Crippen molar-refractivity contribution in [3.63, 3.8) is 0 Å². The third-order valence-electron chi connectivity index (χ3n) is 7.99. The first-order valence-electron chi connectivity index (χ1n) is 12.7. The first-order chi connectivity index (χ1) is 18.0. The first kappa shape index (κ1) is 22.9. The third-order valence-corrected chi connectivity index (χ3v) is 9.05. The number of benzene rings is 2. The van der Waals surface area contributed by atoms with E-state index in [4.69, 9.17) is 9.26 Å². The highest BCUT2D eigenvalue weighted by molar-refractivity contribution is 7.22. The molecule has 37 heavy (non-hydrogen) atoms. The van der Waals surface area contributed by atoms with Crippen LogP contribution in [0.5, 0.6) is 0 Å². The van der Waals surface area contributed by atoms with Crippen LogP contribution in [-0.4, -0.2) is 40.4 Å². The van der Waals surface area contributed by atoms with Crippen molar-refractivity contribution >= 4 is 32.7 Å². The molecule has 2 atom stereocenters. The van der Waals surface area contributed by atoms with E-state index in [1.54, 1.807) is 0 Å². The molecular formula is C28H26FN3O4S. The lowest BCUT2D eigenvalue weighted by Crippen LogP contribution is -2.59. The molecule has 8 rings (SSSR count). The Labute approximate surface area is 216 Å². The van der Waals surface area contributed by atoms with Gasteiger partial charge in [-0.15, -0.1) is 0 Å². The molecule has 7 nitrogen and oxygen atoms in total. The maximum absolute atomic E-state index is 14.5. The number of fused-ring (bicyclic) bond motifs is 3. The predicted molar refractivity (Wildman–Crippen MR) is 138 cm³/mol. The van der Waals surface area contributed by atoms with Gasteiger partial charge < -0.3 is 19.3 Å².